The molecule has 6 nitrogen and oxygen atoms in total. The smallest absolute Gasteiger partial charge is 0.222 e. The summed E-state index contributed by atoms with van der Waals surface area (Å²) in [6.45, 7) is 17.5. The van der Waals surface area contributed by atoms with Crippen molar-refractivity contribution in [3.8, 4) is 5.69 Å². The molecule has 1 saturated heterocycles. The summed E-state index contributed by atoms with van der Waals surface area (Å²) in [4.78, 5) is 20.3. The van der Waals surface area contributed by atoms with E-state index in [-0.39, 0.29) is 5.91 Å². The first-order chi connectivity index (χ1) is 16.4. The molecule has 0 aliphatic carbocycles. The maximum absolute atomic E-state index is 13.3. The molecule has 2 aromatic rings. The fourth-order valence-electron chi connectivity index (χ4n) is 4.83. The number of amides is 1. The van der Waals surface area contributed by atoms with E-state index in [9.17, 15) is 4.79 Å². The van der Waals surface area contributed by atoms with Gasteiger partial charge in [-0.1, -0.05) is 65.2 Å². The molecule has 0 spiro atoms. The summed E-state index contributed by atoms with van der Waals surface area (Å²) in [6.07, 6.45) is 5.15. The Morgan fingerprint density at radius 2 is 1.74 bits per heavy atom. The van der Waals surface area contributed by atoms with Crippen molar-refractivity contribution in [2.24, 2.45) is 5.92 Å². The van der Waals surface area contributed by atoms with Crippen LogP contribution in [0.25, 0.3) is 5.69 Å². The van der Waals surface area contributed by atoms with Crippen molar-refractivity contribution in [3.63, 3.8) is 0 Å². The average molecular weight is 468 g/mol. The van der Waals surface area contributed by atoms with Gasteiger partial charge in [0.2, 0.25) is 5.91 Å². The Kier molecular flexibility index (Phi) is 10.00. The zero-order valence-corrected chi connectivity index (χ0v) is 22.1. The Bertz CT molecular complexity index is 884. The van der Waals surface area contributed by atoms with Crippen molar-refractivity contribution >= 4 is 11.7 Å². The molecule has 188 valence electrons. The molecule has 0 bridgehead atoms. The molecule has 0 N–H and O–H groups in total. The fraction of sp³-hybridized carbons (Fsp3) is 0.643. The van der Waals surface area contributed by atoms with Gasteiger partial charge < -0.3 is 14.7 Å². The Morgan fingerprint density at radius 1 is 1.03 bits per heavy atom. The number of likely N-dealkylation sites (N-methyl/N-ethyl adjacent to an activating group) is 1. The second-order valence-electron chi connectivity index (χ2n) is 10.0. The number of aryl methyl sites for hydroxylation is 1. The van der Waals surface area contributed by atoms with Crippen molar-refractivity contribution in [1.29, 1.82) is 0 Å². The van der Waals surface area contributed by atoms with E-state index in [1.165, 1.54) is 18.4 Å². The number of unbranched alkanes of at least 4 members (excludes halogenated alkanes) is 3. The van der Waals surface area contributed by atoms with Gasteiger partial charge in [-0.25, -0.2) is 4.68 Å². The Labute approximate surface area is 206 Å². The summed E-state index contributed by atoms with van der Waals surface area (Å²) in [6, 6.07) is 10.4. The Hall–Kier alpha value is -2.34. The van der Waals surface area contributed by atoms with Gasteiger partial charge in [-0.15, -0.1) is 0 Å². The molecule has 6 heteroatoms. The molecule has 1 aromatic carbocycles. The van der Waals surface area contributed by atoms with Crippen LogP contribution in [0.4, 0.5) is 5.82 Å². The van der Waals surface area contributed by atoms with Crippen LogP contribution in [0.15, 0.2) is 30.3 Å². The molecule has 1 aliphatic rings. The molecule has 1 aromatic heterocycles. The summed E-state index contributed by atoms with van der Waals surface area (Å²) in [5.41, 5.74) is 3.28. The van der Waals surface area contributed by atoms with E-state index in [1.54, 1.807) is 0 Å². The third-order valence-corrected chi connectivity index (χ3v) is 6.81. The van der Waals surface area contributed by atoms with E-state index >= 15 is 0 Å². The van der Waals surface area contributed by atoms with Gasteiger partial charge >= 0.3 is 0 Å². The molecule has 3 rings (SSSR count). The number of aromatic nitrogens is 2. The normalized spacial score (nSPS) is 14.7. The van der Waals surface area contributed by atoms with Crippen LogP contribution in [-0.2, 0) is 11.3 Å². The highest BCUT2D eigenvalue weighted by atomic mass is 16.2. The highest BCUT2D eigenvalue weighted by Crippen LogP contribution is 2.30. The van der Waals surface area contributed by atoms with Gasteiger partial charge in [0.15, 0.2) is 0 Å². The number of benzene rings is 1. The minimum absolute atomic E-state index is 0.276. The molecule has 1 aliphatic heterocycles. The van der Waals surface area contributed by atoms with Crippen LogP contribution in [0.1, 0.15) is 71.1 Å². The first-order valence-electron chi connectivity index (χ1n) is 13.3. The van der Waals surface area contributed by atoms with Gasteiger partial charge in [0, 0.05) is 44.7 Å². The summed E-state index contributed by atoms with van der Waals surface area (Å²) >= 11 is 0. The third-order valence-electron chi connectivity index (χ3n) is 6.81. The molecule has 1 fully saturated rings. The van der Waals surface area contributed by atoms with Gasteiger partial charge in [-0.05, 0) is 37.9 Å². The number of nitrogens with zero attached hydrogens (tertiary/aromatic N) is 5. The standard InChI is InChI=1S/C28H45N5O/c1-6-8-9-13-16-27(34)32(21-23(3)4)22-26-24(5)29-33(25-14-11-10-12-15-25)28(26)31-19-17-30(7-2)18-20-31/h10-12,14-15,23H,6-9,13,16-22H2,1-5H3. The number of carbonyl (C=O) groups is 1. The molecule has 0 unspecified atom stereocenters. The largest absolute Gasteiger partial charge is 0.354 e. The maximum Gasteiger partial charge on any atom is 0.222 e. The monoisotopic (exact) mass is 467 g/mol. The van der Waals surface area contributed by atoms with Gasteiger partial charge in [0.05, 0.1) is 17.9 Å². The summed E-state index contributed by atoms with van der Waals surface area (Å²) in [5.74, 6) is 1.87. The minimum Gasteiger partial charge on any atom is -0.354 e. The van der Waals surface area contributed by atoms with Gasteiger partial charge in [-0.2, -0.15) is 5.10 Å². The second-order valence-corrected chi connectivity index (χ2v) is 10.0. The number of carbonyl (C=O) groups excluding carboxylic acids is 1. The van der Waals surface area contributed by atoms with Crippen LogP contribution < -0.4 is 4.90 Å². The summed E-state index contributed by atoms with van der Waals surface area (Å²) in [7, 11) is 0. The quantitative estimate of drug-likeness (QED) is 0.399. The highest BCUT2D eigenvalue weighted by Gasteiger charge is 2.27. The van der Waals surface area contributed by atoms with Crippen molar-refractivity contribution < 1.29 is 4.79 Å². The highest BCUT2D eigenvalue weighted by molar-refractivity contribution is 5.76. The van der Waals surface area contributed by atoms with E-state index in [1.807, 2.05) is 6.07 Å². The molecule has 2 heterocycles. The van der Waals surface area contributed by atoms with Gasteiger partial charge in [0.25, 0.3) is 0 Å². The van der Waals surface area contributed by atoms with E-state index in [4.69, 9.17) is 5.10 Å². The zero-order valence-electron chi connectivity index (χ0n) is 22.1. The van der Waals surface area contributed by atoms with Crippen LogP contribution in [-0.4, -0.2) is 64.8 Å². The van der Waals surface area contributed by atoms with Crippen LogP contribution in [0.3, 0.4) is 0 Å². The summed E-state index contributed by atoms with van der Waals surface area (Å²) < 4.78 is 2.10. The zero-order chi connectivity index (χ0) is 24.5. The lowest BCUT2D eigenvalue weighted by Crippen LogP contribution is -2.47. The van der Waals surface area contributed by atoms with Crippen molar-refractivity contribution in [2.45, 2.75) is 73.3 Å². The lowest BCUT2D eigenvalue weighted by molar-refractivity contribution is -0.132. The third kappa shape index (κ3) is 6.84. The van der Waals surface area contributed by atoms with Gasteiger partial charge in [0.1, 0.15) is 5.82 Å². The Morgan fingerprint density at radius 3 is 2.35 bits per heavy atom. The molecule has 0 atom stereocenters. The first kappa shape index (κ1) is 26.3. The fourth-order valence-corrected chi connectivity index (χ4v) is 4.83. The van der Waals surface area contributed by atoms with Crippen LogP contribution in [0.5, 0.6) is 0 Å². The van der Waals surface area contributed by atoms with Crippen LogP contribution in [0.2, 0.25) is 0 Å². The number of para-hydroxylation sites is 1. The lowest BCUT2D eigenvalue weighted by atomic mass is 10.1. The summed E-state index contributed by atoms with van der Waals surface area (Å²) in [5, 5.41) is 5.00. The first-order valence-corrected chi connectivity index (χ1v) is 13.3. The Balaban J connectivity index is 1.91. The van der Waals surface area contributed by atoms with Gasteiger partial charge in [-0.3, -0.25) is 4.79 Å². The molecular formula is C28H45N5O. The second kappa shape index (κ2) is 12.9. The van der Waals surface area contributed by atoms with E-state index in [2.05, 4.69) is 78.3 Å². The molecular weight excluding hydrogens is 422 g/mol. The molecule has 34 heavy (non-hydrogen) atoms. The van der Waals surface area contributed by atoms with E-state index in [0.29, 0.717) is 18.9 Å². The maximum atomic E-state index is 13.3. The predicted octanol–water partition coefficient (Wildman–Crippen LogP) is 5.28. The molecule has 1 amide bonds. The number of anilines is 1. The topological polar surface area (TPSA) is 44.6 Å². The predicted molar refractivity (Wildman–Crippen MR) is 142 cm³/mol. The number of rotatable bonds is 12. The minimum atomic E-state index is 0.276. The van der Waals surface area contributed by atoms with E-state index < -0.39 is 0 Å². The van der Waals surface area contributed by atoms with Crippen molar-refractivity contribution in [2.75, 3.05) is 44.2 Å². The lowest BCUT2D eigenvalue weighted by Gasteiger charge is -2.36. The number of hydrogen-bond donors (Lipinski definition) is 0. The van der Waals surface area contributed by atoms with Crippen molar-refractivity contribution in [1.82, 2.24) is 19.6 Å². The molecule has 0 saturated carbocycles. The van der Waals surface area contributed by atoms with E-state index in [0.717, 1.165) is 69.3 Å². The average Bonchev–Trinajstić information content (AvgIpc) is 3.17. The number of piperazine rings is 1. The van der Waals surface area contributed by atoms with Crippen LogP contribution >= 0.6 is 0 Å². The molecule has 0 radical (unpaired) electrons. The van der Waals surface area contributed by atoms with Crippen molar-refractivity contribution in [3.05, 3.63) is 41.6 Å². The SMILES string of the molecule is CCCCCCC(=O)N(Cc1c(C)nn(-c2ccccc2)c1N1CCN(CC)CC1)CC(C)C. The van der Waals surface area contributed by atoms with Crippen LogP contribution in [0, 0.1) is 12.8 Å². The number of hydrogen-bond acceptors (Lipinski definition) is 4.